The van der Waals surface area contributed by atoms with Gasteiger partial charge in [0.05, 0.1) is 0 Å². The lowest BCUT2D eigenvalue weighted by Crippen LogP contribution is -2.32. The van der Waals surface area contributed by atoms with Crippen molar-refractivity contribution in [3.05, 3.63) is 106 Å². The van der Waals surface area contributed by atoms with E-state index in [0.29, 0.717) is 0 Å². The van der Waals surface area contributed by atoms with Crippen LogP contribution >= 0.6 is 0 Å². The predicted molar refractivity (Wildman–Crippen MR) is 126 cm³/mol. The topological polar surface area (TPSA) is 16.1 Å². The van der Waals surface area contributed by atoms with Gasteiger partial charge in [-0.3, -0.25) is 4.98 Å². The second-order valence-corrected chi connectivity index (χ2v) is 8.29. The van der Waals surface area contributed by atoms with Gasteiger partial charge in [-0.25, -0.2) is 0 Å². The summed E-state index contributed by atoms with van der Waals surface area (Å²) in [6.07, 6.45) is 13.0. The van der Waals surface area contributed by atoms with E-state index in [1.165, 1.54) is 46.4 Å². The van der Waals surface area contributed by atoms with Gasteiger partial charge in [-0.1, -0.05) is 72.3 Å². The Labute approximate surface area is 179 Å². The first kappa shape index (κ1) is 19.0. The number of fused-ring (bicyclic) bond motifs is 2. The molecule has 2 heteroatoms. The molecule has 1 fully saturated rings. The number of nitrogens with zero attached hydrogens (tertiary/aromatic N) is 2. The lowest BCUT2D eigenvalue weighted by Gasteiger charge is -2.30. The van der Waals surface area contributed by atoms with Crippen LogP contribution in [0.15, 0.2) is 78.6 Å². The van der Waals surface area contributed by atoms with E-state index in [9.17, 15) is 0 Å². The zero-order valence-electron chi connectivity index (χ0n) is 17.4. The summed E-state index contributed by atoms with van der Waals surface area (Å²) in [6, 6.07) is 21.9. The summed E-state index contributed by atoms with van der Waals surface area (Å²) in [6.45, 7) is 3.49. The molecule has 150 valence electrons. The maximum absolute atomic E-state index is 4.23. The van der Waals surface area contributed by atoms with Gasteiger partial charge in [0.15, 0.2) is 0 Å². The molecule has 30 heavy (non-hydrogen) atoms. The Balaban J connectivity index is 1.34. The van der Waals surface area contributed by atoms with Crippen molar-refractivity contribution in [2.75, 3.05) is 19.6 Å². The van der Waals surface area contributed by atoms with Crippen molar-refractivity contribution in [1.29, 1.82) is 0 Å². The van der Waals surface area contributed by atoms with Crippen molar-refractivity contribution in [1.82, 2.24) is 9.88 Å². The van der Waals surface area contributed by atoms with Crippen molar-refractivity contribution in [2.24, 2.45) is 0 Å². The summed E-state index contributed by atoms with van der Waals surface area (Å²) in [4.78, 5) is 6.86. The van der Waals surface area contributed by atoms with Gasteiger partial charge in [0.2, 0.25) is 0 Å². The minimum absolute atomic E-state index is 1.12. The maximum Gasteiger partial charge on any atom is 0.0299 e. The average molecular weight is 393 g/mol. The second-order valence-electron chi connectivity index (χ2n) is 8.29. The minimum atomic E-state index is 1.12. The van der Waals surface area contributed by atoms with Crippen molar-refractivity contribution < 1.29 is 0 Å². The van der Waals surface area contributed by atoms with Gasteiger partial charge in [0, 0.05) is 25.5 Å². The van der Waals surface area contributed by atoms with Gasteiger partial charge >= 0.3 is 0 Å². The predicted octanol–water partition coefficient (Wildman–Crippen LogP) is 6.10. The Morgan fingerprint density at radius 2 is 1.43 bits per heavy atom. The summed E-state index contributed by atoms with van der Waals surface area (Å²) in [5.41, 5.74) is 9.86. The van der Waals surface area contributed by atoms with Crippen LogP contribution in [0.1, 0.15) is 47.1 Å². The molecule has 1 saturated heterocycles. The van der Waals surface area contributed by atoms with E-state index in [1.54, 1.807) is 5.57 Å². The third-order valence-corrected chi connectivity index (χ3v) is 6.38. The van der Waals surface area contributed by atoms with Crippen LogP contribution in [0.5, 0.6) is 0 Å². The van der Waals surface area contributed by atoms with Gasteiger partial charge in [0.25, 0.3) is 0 Å². The first-order chi connectivity index (χ1) is 14.9. The molecule has 0 spiro atoms. The van der Waals surface area contributed by atoms with E-state index < -0.39 is 0 Å². The van der Waals surface area contributed by atoms with Crippen LogP contribution in [-0.2, 0) is 6.42 Å². The van der Waals surface area contributed by atoms with E-state index in [2.05, 4.69) is 76.6 Å². The van der Waals surface area contributed by atoms with Crippen LogP contribution in [-0.4, -0.2) is 29.5 Å². The van der Waals surface area contributed by atoms with Crippen LogP contribution in [0.25, 0.3) is 17.7 Å². The van der Waals surface area contributed by atoms with Crippen molar-refractivity contribution in [2.45, 2.75) is 25.7 Å². The molecule has 0 bridgehead atoms. The van der Waals surface area contributed by atoms with Crippen LogP contribution in [0, 0.1) is 0 Å². The fourth-order valence-corrected chi connectivity index (χ4v) is 4.79. The van der Waals surface area contributed by atoms with E-state index in [-0.39, 0.29) is 0 Å². The molecule has 1 aliphatic carbocycles. The lowest BCUT2D eigenvalue weighted by molar-refractivity contribution is 0.254. The summed E-state index contributed by atoms with van der Waals surface area (Å²) in [5, 5.41) is 0. The number of aryl methyl sites for hydroxylation is 1. The molecule has 1 aromatic heterocycles. The number of likely N-dealkylation sites (tertiary alicyclic amines) is 1. The normalized spacial score (nSPS) is 16.1. The standard InChI is InChI=1S/C28H28N2/c1-3-11-26-23(9-1)13-14-24-10-2-4-12-27(24)28(26)25-15-19-30(20-16-25)18-6-8-22-7-5-17-29-21-22/h1-5,7,9-14,17,21H,6,8,15-16,18-20H2. The van der Waals surface area contributed by atoms with Crippen LogP contribution in [0.3, 0.4) is 0 Å². The average Bonchev–Trinajstić information content (AvgIpc) is 2.97. The van der Waals surface area contributed by atoms with E-state index in [0.717, 1.165) is 32.4 Å². The number of aromatic nitrogens is 1. The molecule has 5 rings (SSSR count). The zero-order valence-corrected chi connectivity index (χ0v) is 17.4. The first-order valence-electron chi connectivity index (χ1n) is 11.1. The molecule has 2 aliphatic rings. The molecule has 2 nitrogen and oxygen atoms in total. The molecule has 1 aliphatic heterocycles. The number of pyridine rings is 1. The largest absolute Gasteiger partial charge is 0.303 e. The molecule has 0 radical (unpaired) electrons. The van der Waals surface area contributed by atoms with Crippen LogP contribution in [0.4, 0.5) is 0 Å². The minimum Gasteiger partial charge on any atom is -0.303 e. The Bertz CT molecular complexity index is 1020. The van der Waals surface area contributed by atoms with Crippen molar-refractivity contribution >= 4 is 17.7 Å². The van der Waals surface area contributed by atoms with Crippen molar-refractivity contribution in [3.8, 4) is 0 Å². The molecular weight excluding hydrogens is 364 g/mol. The highest BCUT2D eigenvalue weighted by Crippen LogP contribution is 2.38. The van der Waals surface area contributed by atoms with Gasteiger partial charge in [-0.2, -0.15) is 0 Å². The third kappa shape index (κ3) is 4.01. The molecule has 0 saturated carbocycles. The fraction of sp³-hybridized carbons (Fsp3) is 0.250. The number of benzene rings is 2. The van der Waals surface area contributed by atoms with E-state index in [4.69, 9.17) is 0 Å². The van der Waals surface area contributed by atoms with E-state index >= 15 is 0 Å². The van der Waals surface area contributed by atoms with Crippen LogP contribution in [0.2, 0.25) is 0 Å². The van der Waals surface area contributed by atoms with Gasteiger partial charge in [0.1, 0.15) is 0 Å². The summed E-state index contributed by atoms with van der Waals surface area (Å²) >= 11 is 0. The first-order valence-corrected chi connectivity index (χ1v) is 11.1. The Hall–Kier alpha value is -2.97. The van der Waals surface area contributed by atoms with Crippen LogP contribution < -0.4 is 0 Å². The monoisotopic (exact) mass is 392 g/mol. The summed E-state index contributed by atoms with van der Waals surface area (Å²) < 4.78 is 0. The second kappa shape index (κ2) is 8.81. The number of hydrogen-bond donors (Lipinski definition) is 0. The molecule has 0 unspecified atom stereocenters. The third-order valence-electron chi connectivity index (χ3n) is 6.38. The molecule has 2 heterocycles. The van der Waals surface area contributed by atoms with Crippen molar-refractivity contribution in [3.63, 3.8) is 0 Å². The highest BCUT2D eigenvalue weighted by molar-refractivity contribution is 5.94. The van der Waals surface area contributed by atoms with Gasteiger partial charge in [-0.15, -0.1) is 0 Å². The smallest absolute Gasteiger partial charge is 0.0299 e. The summed E-state index contributed by atoms with van der Waals surface area (Å²) in [7, 11) is 0. The highest BCUT2D eigenvalue weighted by atomic mass is 15.1. The molecule has 3 aromatic rings. The molecule has 0 N–H and O–H groups in total. The zero-order chi connectivity index (χ0) is 20.2. The fourth-order valence-electron chi connectivity index (χ4n) is 4.79. The van der Waals surface area contributed by atoms with Gasteiger partial charge < -0.3 is 4.90 Å². The number of piperidine rings is 1. The highest BCUT2D eigenvalue weighted by Gasteiger charge is 2.22. The molecule has 2 aromatic carbocycles. The SMILES string of the molecule is C1=Cc2ccccc2C(=C2CCN(CCCc3cccnc3)CC2)c2ccccc21. The molecule has 0 atom stereocenters. The Kier molecular flexibility index (Phi) is 5.58. The van der Waals surface area contributed by atoms with Gasteiger partial charge in [-0.05, 0) is 71.7 Å². The summed E-state index contributed by atoms with van der Waals surface area (Å²) in [5.74, 6) is 0. The lowest BCUT2D eigenvalue weighted by atomic mass is 9.86. The quantitative estimate of drug-likeness (QED) is 0.417. The number of rotatable bonds is 4. The Morgan fingerprint density at radius 1 is 0.767 bits per heavy atom. The Morgan fingerprint density at radius 3 is 2.07 bits per heavy atom. The number of hydrogen-bond acceptors (Lipinski definition) is 2. The molecule has 0 amide bonds. The van der Waals surface area contributed by atoms with E-state index in [1.807, 2.05) is 18.5 Å². The molecular formula is C28H28N2. The maximum atomic E-state index is 4.23.